The van der Waals surface area contributed by atoms with Crippen molar-refractivity contribution in [3.8, 4) is 11.3 Å². The summed E-state index contributed by atoms with van der Waals surface area (Å²) in [6.07, 6.45) is 11.4. The second-order valence-corrected chi connectivity index (χ2v) is 8.98. The van der Waals surface area contributed by atoms with E-state index in [2.05, 4.69) is 31.9 Å². The van der Waals surface area contributed by atoms with E-state index in [1.807, 2.05) is 38.8 Å². The maximum Gasteiger partial charge on any atom is 0.237 e. The van der Waals surface area contributed by atoms with Crippen molar-refractivity contribution in [2.24, 2.45) is 7.05 Å². The summed E-state index contributed by atoms with van der Waals surface area (Å²) in [5.74, 6) is 1.08. The van der Waals surface area contributed by atoms with Crippen LogP contribution in [0.25, 0.3) is 22.3 Å². The minimum Gasteiger partial charge on any atom is -0.356 e. The van der Waals surface area contributed by atoms with Gasteiger partial charge in [0.1, 0.15) is 17.8 Å². The number of nitrogens with one attached hydrogen (secondary N) is 1. The van der Waals surface area contributed by atoms with Crippen molar-refractivity contribution < 1.29 is 4.79 Å². The Morgan fingerprint density at radius 1 is 1.15 bits per heavy atom. The van der Waals surface area contributed by atoms with Crippen LogP contribution in [0.15, 0.2) is 37.2 Å². The minimum atomic E-state index is -0.548. The summed E-state index contributed by atoms with van der Waals surface area (Å²) in [6, 6.07) is 1.93. The molecule has 1 amide bonds. The third-order valence-corrected chi connectivity index (χ3v) is 7.31. The summed E-state index contributed by atoms with van der Waals surface area (Å²) in [7, 11) is 3.79. The largest absolute Gasteiger partial charge is 0.356 e. The fourth-order valence-corrected chi connectivity index (χ4v) is 5.69. The number of pyridine rings is 1. The van der Waals surface area contributed by atoms with Crippen molar-refractivity contribution in [1.82, 2.24) is 29.7 Å². The van der Waals surface area contributed by atoms with E-state index in [1.165, 1.54) is 5.56 Å². The van der Waals surface area contributed by atoms with Crippen molar-refractivity contribution >= 4 is 28.4 Å². The van der Waals surface area contributed by atoms with Gasteiger partial charge >= 0.3 is 0 Å². The lowest BCUT2D eigenvalue weighted by Gasteiger charge is -2.39. The van der Waals surface area contributed by atoms with Gasteiger partial charge in [0.25, 0.3) is 0 Å². The SMILES string of the molecule is CCc1c(-c2cnn(C)c2)[nH]c2ncc3c(c12)C1(CCN(c2ccncn2)CC1)C(=O)N3C. The van der Waals surface area contributed by atoms with Gasteiger partial charge in [-0.1, -0.05) is 6.92 Å². The molecule has 1 fully saturated rings. The predicted octanol–water partition coefficient (Wildman–Crippen LogP) is 2.83. The van der Waals surface area contributed by atoms with E-state index >= 15 is 0 Å². The minimum absolute atomic E-state index is 0.167. The Bertz CT molecular complexity index is 1360. The molecule has 0 atom stereocenters. The van der Waals surface area contributed by atoms with Crippen LogP contribution in [-0.2, 0) is 23.7 Å². The molecule has 0 bridgehead atoms. The third-order valence-electron chi connectivity index (χ3n) is 7.31. The number of carbonyl (C=O) groups excluding carboxylic acids is 1. The Morgan fingerprint density at radius 2 is 1.97 bits per heavy atom. The molecule has 1 spiro atoms. The molecular weight excluding hydrogens is 416 g/mol. The van der Waals surface area contributed by atoms with Gasteiger partial charge in [-0.25, -0.2) is 15.0 Å². The molecule has 0 aromatic carbocycles. The molecule has 33 heavy (non-hydrogen) atoms. The first-order valence-corrected chi connectivity index (χ1v) is 11.4. The molecule has 4 aromatic rings. The average molecular weight is 443 g/mol. The smallest absolute Gasteiger partial charge is 0.237 e. The van der Waals surface area contributed by atoms with Gasteiger partial charge in [-0.15, -0.1) is 0 Å². The highest BCUT2D eigenvalue weighted by atomic mass is 16.2. The average Bonchev–Trinajstić information content (AvgIpc) is 3.50. The fraction of sp³-hybridized carbons (Fsp3) is 0.375. The highest BCUT2D eigenvalue weighted by molar-refractivity contribution is 6.13. The first-order chi connectivity index (χ1) is 16.0. The zero-order valence-corrected chi connectivity index (χ0v) is 19.0. The lowest BCUT2D eigenvalue weighted by Crippen LogP contribution is -2.48. The van der Waals surface area contributed by atoms with Gasteiger partial charge in [0.2, 0.25) is 5.91 Å². The molecule has 1 saturated heterocycles. The molecule has 2 aliphatic rings. The number of likely N-dealkylation sites (N-methyl/N-ethyl adjacent to an activating group) is 1. The molecular formula is C24H26N8O. The van der Waals surface area contributed by atoms with E-state index in [9.17, 15) is 4.79 Å². The van der Waals surface area contributed by atoms with Gasteiger partial charge in [0.15, 0.2) is 0 Å². The quantitative estimate of drug-likeness (QED) is 0.524. The Hall–Kier alpha value is -3.75. The van der Waals surface area contributed by atoms with Gasteiger partial charge in [0.05, 0.1) is 29.2 Å². The Labute approximate surface area is 191 Å². The van der Waals surface area contributed by atoms with Crippen molar-refractivity contribution in [3.63, 3.8) is 0 Å². The summed E-state index contributed by atoms with van der Waals surface area (Å²) in [6.45, 7) is 3.69. The van der Waals surface area contributed by atoms with Crippen LogP contribution in [-0.4, -0.2) is 55.8 Å². The predicted molar refractivity (Wildman–Crippen MR) is 126 cm³/mol. The lowest BCUT2D eigenvalue weighted by atomic mass is 9.72. The highest BCUT2D eigenvalue weighted by Crippen LogP contribution is 2.51. The first-order valence-electron chi connectivity index (χ1n) is 11.4. The molecule has 2 aliphatic heterocycles. The molecule has 0 unspecified atom stereocenters. The third kappa shape index (κ3) is 2.74. The lowest BCUT2D eigenvalue weighted by molar-refractivity contribution is -0.123. The molecule has 6 rings (SSSR count). The number of fused-ring (bicyclic) bond motifs is 4. The second kappa shape index (κ2) is 7.13. The monoisotopic (exact) mass is 442 g/mol. The number of anilines is 2. The van der Waals surface area contributed by atoms with Gasteiger partial charge < -0.3 is 14.8 Å². The van der Waals surface area contributed by atoms with Crippen LogP contribution >= 0.6 is 0 Å². The topological polar surface area (TPSA) is 95.8 Å². The summed E-state index contributed by atoms with van der Waals surface area (Å²) in [5.41, 5.74) is 5.62. The highest BCUT2D eigenvalue weighted by Gasteiger charge is 2.52. The zero-order chi connectivity index (χ0) is 22.7. The maximum absolute atomic E-state index is 13.7. The number of aryl methyl sites for hydroxylation is 2. The molecule has 0 aliphatic carbocycles. The fourth-order valence-electron chi connectivity index (χ4n) is 5.69. The molecule has 9 heteroatoms. The molecule has 9 nitrogen and oxygen atoms in total. The second-order valence-electron chi connectivity index (χ2n) is 8.98. The van der Waals surface area contributed by atoms with Crippen LogP contribution in [0, 0.1) is 0 Å². The molecule has 4 aromatic heterocycles. The Kier molecular flexibility index (Phi) is 4.30. The number of hydrogen-bond donors (Lipinski definition) is 1. The summed E-state index contributed by atoms with van der Waals surface area (Å²) < 4.78 is 1.81. The van der Waals surface area contributed by atoms with E-state index in [0.29, 0.717) is 0 Å². The van der Waals surface area contributed by atoms with Crippen LogP contribution in [0.4, 0.5) is 11.5 Å². The number of piperidine rings is 1. The van der Waals surface area contributed by atoms with E-state index in [1.54, 1.807) is 22.1 Å². The Balaban J connectivity index is 1.50. The molecule has 0 saturated carbocycles. The summed E-state index contributed by atoms with van der Waals surface area (Å²) in [4.78, 5) is 34.5. The molecule has 6 heterocycles. The van der Waals surface area contributed by atoms with Gasteiger partial charge in [-0.2, -0.15) is 5.10 Å². The van der Waals surface area contributed by atoms with Crippen LogP contribution < -0.4 is 9.80 Å². The van der Waals surface area contributed by atoms with E-state index in [4.69, 9.17) is 4.98 Å². The number of H-pyrrole nitrogens is 1. The number of carbonyl (C=O) groups is 1. The van der Waals surface area contributed by atoms with Gasteiger partial charge in [0, 0.05) is 56.1 Å². The van der Waals surface area contributed by atoms with Crippen LogP contribution in [0.3, 0.4) is 0 Å². The summed E-state index contributed by atoms with van der Waals surface area (Å²) in [5, 5.41) is 5.45. The first kappa shape index (κ1) is 19.9. The standard InChI is InChI=1S/C24H26N8O/c1-4-16-19-20-17(12-26-22(19)29-21(16)15-11-28-30(2)13-15)31(3)23(33)24(20)6-9-32(10-7-24)18-5-8-25-14-27-18/h5,8,11-14H,4,6-7,9-10H2,1-3H3,(H,26,29). The Morgan fingerprint density at radius 3 is 2.64 bits per heavy atom. The van der Waals surface area contributed by atoms with E-state index in [0.717, 1.165) is 71.7 Å². The van der Waals surface area contributed by atoms with Crippen LogP contribution in [0.5, 0.6) is 0 Å². The van der Waals surface area contributed by atoms with Gasteiger partial charge in [-0.3, -0.25) is 9.48 Å². The van der Waals surface area contributed by atoms with Crippen molar-refractivity contribution in [1.29, 1.82) is 0 Å². The van der Waals surface area contributed by atoms with E-state index < -0.39 is 5.41 Å². The van der Waals surface area contributed by atoms with Crippen molar-refractivity contribution in [3.05, 3.63) is 48.3 Å². The van der Waals surface area contributed by atoms with Crippen molar-refractivity contribution in [2.75, 3.05) is 29.9 Å². The van der Waals surface area contributed by atoms with Crippen molar-refractivity contribution in [2.45, 2.75) is 31.6 Å². The zero-order valence-electron chi connectivity index (χ0n) is 19.0. The molecule has 168 valence electrons. The maximum atomic E-state index is 13.7. The normalized spacial score (nSPS) is 17.4. The van der Waals surface area contributed by atoms with E-state index in [-0.39, 0.29) is 5.91 Å². The number of aromatic nitrogens is 6. The van der Waals surface area contributed by atoms with Crippen LogP contribution in [0.1, 0.15) is 30.9 Å². The number of hydrogen-bond acceptors (Lipinski definition) is 6. The number of aromatic amines is 1. The summed E-state index contributed by atoms with van der Waals surface area (Å²) >= 11 is 0. The van der Waals surface area contributed by atoms with Gasteiger partial charge in [-0.05, 0) is 30.9 Å². The number of amides is 1. The number of rotatable bonds is 3. The number of nitrogens with zero attached hydrogens (tertiary/aromatic N) is 7. The van der Waals surface area contributed by atoms with Crippen LogP contribution in [0.2, 0.25) is 0 Å². The molecule has 0 radical (unpaired) electrons. The molecule has 1 N–H and O–H groups in total.